The standard InChI is InChI=1S/C51H59N6O13PS/c1-2-68-71(64,72)69-26-10-4-3-9-23-52-45(60)21-22-46(61)56-34-37-11-5-6-12-38(37)48-47(39-13-7-8-14-41(39)56)54-55-57(48)25-28-66-30-32-67-31-29-65-27-24-53-51(63)36-17-15-35(16-18-36)44-33-43(59)40-19-20-42(58)49(62)50(40)70-44/h5-8,11-20,33,58,62H,2-4,9-10,21-32,34H2,1H3,(H,52,60)(H,53,63)(H,64,72)/p-1. The molecule has 3 amide bonds. The first-order valence-corrected chi connectivity index (χ1v) is 26.4. The van der Waals surface area contributed by atoms with Gasteiger partial charge in [-0.15, -0.1) is 5.10 Å². The van der Waals surface area contributed by atoms with Gasteiger partial charge in [-0.3, -0.25) is 19.2 Å². The van der Waals surface area contributed by atoms with Crippen LogP contribution < -0.4 is 25.9 Å². The van der Waals surface area contributed by atoms with Crippen LogP contribution in [0.5, 0.6) is 11.5 Å². The first-order chi connectivity index (χ1) is 34.9. The lowest BCUT2D eigenvalue weighted by Gasteiger charge is -2.28. The van der Waals surface area contributed by atoms with Gasteiger partial charge in [0, 0.05) is 54.3 Å². The topological polar surface area (TPSA) is 249 Å². The molecule has 0 fully saturated rings. The van der Waals surface area contributed by atoms with E-state index in [-0.39, 0.29) is 85.6 Å². The molecular formula is C51H58N6O13PS-. The summed E-state index contributed by atoms with van der Waals surface area (Å²) in [4.78, 5) is 65.5. The molecule has 3 heterocycles. The molecule has 0 aliphatic carbocycles. The Hall–Kier alpha value is -6.35. The summed E-state index contributed by atoms with van der Waals surface area (Å²) in [6, 6.07) is 25.7. The van der Waals surface area contributed by atoms with Crippen LogP contribution in [-0.4, -0.2) is 109 Å². The minimum atomic E-state index is -3.41. The predicted molar refractivity (Wildman–Crippen MR) is 271 cm³/mol. The van der Waals surface area contributed by atoms with Gasteiger partial charge in [0.05, 0.1) is 82.7 Å². The molecule has 1 aliphatic heterocycles. The summed E-state index contributed by atoms with van der Waals surface area (Å²) < 4.78 is 34.8. The number of aromatic nitrogens is 3. The van der Waals surface area contributed by atoms with Gasteiger partial charge in [-0.1, -0.05) is 84.5 Å². The Labute approximate surface area is 421 Å². The van der Waals surface area contributed by atoms with Crippen LogP contribution in [0.25, 0.3) is 44.8 Å². The molecule has 21 heteroatoms. The van der Waals surface area contributed by atoms with Crippen molar-refractivity contribution in [2.75, 3.05) is 70.8 Å². The van der Waals surface area contributed by atoms with Gasteiger partial charge in [0.25, 0.3) is 5.91 Å². The zero-order valence-corrected chi connectivity index (χ0v) is 41.6. The lowest BCUT2D eigenvalue weighted by Crippen LogP contribution is -2.33. The maximum absolute atomic E-state index is 13.9. The number of aromatic hydroxyl groups is 2. The molecule has 1 aliphatic rings. The summed E-state index contributed by atoms with van der Waals surface area (Å²) in [5, 5.41) is 35.0. The minimum absolute atomic E-state index is 0.0233. The highest BCUT2D eigenvalue weighted by atomic mass is 32.5. The summed E-state index contributed by atoms with van der Waals surface area (Å²) in [5.74, 6) is -1.46. The smallest absolute Gasteiger partial charge is 0.251 e. The Bertz CT molecular complexity index is 2910. The van der Waals surface area contributed by atoms with Crippen LogP contribution in [-0.2, 0) is 57.7 Å². The number of phenolic OH excluding ortho intramolecular Hbond substituents is 2. The maximum atomic E-state index is 13.9. The van der Waals surface area contributed by atoms with Crippen LogP contribution in [0, 0.1) is 0 Å². The number of rotatable bonds is 27. The van der Waals surface area contributed by atoms with Gasteiger partial charge in [0.15, 0.2) is 16.8 Å². The first-order valence-electron chi connectivity index (χ1n) is 23.8. The van der Waals surface area contributed by atoms with E-state index in [1.807, 2.05) is 53.2 Å². The molecule has 4 N–H and O–H groups in total. The number of nitrogens with one attached hydrogen (secondary N) is 2. The van der Waals surface area contributed by atoms with E-state index in [9.17, 15) is 34.3 Å². The monoisotopic (exact) mass is 1030 g/mol. The highest BCUT2D eigenvalue weighted by Crippen LogP contribution is 2.42. The number of hydrogen-bond donors (Lipinski definition) is 4. The van der Waals surface area contributed by atoms with Gasteiger partial charge in [-0.05, 0) is 55.7 Å². The third-order valence-corrected chi connectivity index (χ3v) is 13.3. The molecular weight excluding hydrogens is 968 g/mol. The van der Waals surface area contributed by atoms with Crippen molar-refractivity contribution in [3.05, 3.63) is 112 Å². The average Bonchev–Trinajstić information content (AvgIpc) is 3.79. The second-order valence-corrected chi connectivity index (χ2v) is 19.3. The van der Waals surface area contributed by atoms with Crippen LogP contribution >= 0.6 is 6.72 Å². The Morgan fingerprint density at radius 3 is 2.28 bits per heavy atom. The number of unbranched alkanes of at least 4 members (excludes halogenated alkanes) is 3. The van der Waals surface area contributed by atoms with E-state index in [0.29, 0.717) is 75.1 Å². The van der Waals surface area contributed by atoms with Gasteiger partial charge in [0.1, 0.15) is 18.2 Å². The van der Waals surface area contributed by atoms with Crippen molar-refractivity contribution in [1.29, 1.82) is 0 Å². The first kappa shape index (κ1) is 53.4. The van der Waals surface area contributed by atoms with Crippen molar-refractivity contribution >= 4 is 52.9 Å². The van der Waals surface area contributed by atoms with Crippen LogP contribution in [0.2, 0.25) is 0 Å². The van der Waals surface area contributed by atoms with E-state index in [0.717, 1.165) is 41.6 Å². The van der Waals surface area contributed by atoms with Crippen molar-refractivity contribution in [2.24, 2.45) is 0 Å². The number of ether oxygens (including phenoxy) is 3. The molecule has 0 saturated carbocycles. The SMILES string of the molecule is CCOP([O-])(=S)OCCCCCCNC(=O)CCC(=O)N1Cc2ccccc2-c2c(nnn2CCOCCOCCOCCNC(=O)c2ccc(-c3cc(=O)c4ccc(O)c(O)c4o3)cc2)-c2ccccc21. The van der Waals surface area contributed by atoms with Crippen molar-refractivity contribution in [1.82, 2.24) is 25.6 Å². The lowest BCUT2D eigenvalue weighted by atomic mass is 9.95. The third-order valence-electron chi connectivity index (χ3n) is 11.6. The highest BCUT2D eigenvalue weighted by Gasteiger charge is 2.29. The van der Waals surface area contributed by atoms with Gasteiger partial charge >= 0.3 is 0 Å². The minimum Gasteiger partial charge on any atom is -0.780 e. The summed E-state index contributed by atoms with van der Waals surface area (Å²) in [7, 11) is 0. The fourth-order valence-corrected chi connectivity index (χ4v) is 9.26. The molecule has 0 radical (unpaired) electrons. The number of hydrogen-bond acceptors (Lipinski definition) is 16. The third kappa shape index (κ3) is 14.4. The molecule has 0 saturated heterocycles. The van der Waals surface area contributed by atoms with E-state index in [1.165, 1.54) is 18.2 Å². The molecule has 72 heavy (non-hydrogen) atoms. The molecule has 382 valence electrons. The number of phenols is 2. The Kier molecular flexibility index (Phi) is 19.6. The molecule has 19 nitrogen and oxygen atoms in total. The van der Waals surface area contributed by atoms with E-state index >= 15 is 0 Å². The molecule has 0 spiro atoms. The zero-order valence-electron chi connectivity index (χ0n) is 39.9. The number of benzene rings is 4. The number of carbonyl (C=O) groups is 3. The zero-order chi connectivity index (χ0) is 50.9. The van der Waals surface area contributed by atoms with Gasteiger partial charge in [-0.25, -0.2) is 4.68 Å². The van der Waals surface area contributed by atoms with Crippen LogP contribution in [0.15, 0.2) is 100 Å². The fraction of sp³-hybridized carbons (Fsp3) is 0.373. The summed E-state index contributed by atoms with van der Waals surface area (Å²) in [5.41, 5.74) is 5.05. The Morgan fingerprint density at radius 1 is 0.792 bits per heavy atom. The number of carbonyl (C=O) groups excluding carboxylic acids is 3. The number of para-hydroxylation sites is 1. The molecule has 0 bridgehead atoms. The summed E-state index contributed by atoms with van der Waals surface area (Å²) in [6.07, 6.45) is 3.17. The van der Waals surface area contributed by atoms with Crippen LogP contribution in [0.3, 0.4) is 0 Å². The van der Waals surface area contributed by atoms with E-state index in [4.69, 9.17) is 39.5 Å². The number of amides is 3. The average molecular weight is 1030 g/mol. The van der Waals surface area contributed by atoms with E-state index < -0.39 is 18.2 Å². The van der Waals surface area contributed by atoms with Gasteiger partial charge in [0.2, 0.25) is 17.6 Å². The second kappa shape index (κ2) is 26.4. The lowest BCUT2D eigenvalue weighted by molar-refractivity contribution is -0.206. The highest BCUT2D eigenvalue weighted by molar-refractivity contribution is 8.06. The van der Waals surface area contributed by atoms with Crippen LogP contribution in [0.1, 0.15) is 61.4 Å². The van der Waals surface area contributed by atoms with E-state index in [1.54, 1.807) is 36.1 Å². The van der Waals surface area contributed by atoms with Crippen molar-refractivity contribution in [2.45, 2.75) is 58.5 Å². The quantitative estimate of drug-likeness (QED) is 0.0254. The predicted octanol–water partition coefficient (Wildman–Crippen LogP) is 6.22. The molecule has 1 atom stereocenters. The summed E-state index contributed by atoms with van der Waals surface area (Å²) in [6.45, 7) is 2.18. The fourth-order valence-electron chi connectivity index (χ4n) is 7.97. The van der Waals surface area contributed by atoms with Crippen molar-refractivity contribution in [3.8, 4) is 45.3 Å². The molecule has 2 aromatic heterocycles. The van der Waals surface area contributed by atoms with Gasteiger partial charge in [-0.2, -0.15) is 0 Å². The van der Waals surface area contributed by atoms with Gasteiger partial charge < -0.3 is 58.3 Å². The second-order valence-electron chi connectivity index (χ2n) is 16.6. The normalized spacial score (nSPS) is 12.8. The number of nitrogens with zero attached hydrogens (tertiary/aromatic N) is 4. The van der Waals surface area contributed by atoms with Crippen LogP contribution in [0.4, 0.5) is 5.69 Å². The number of fused-ring (bicyclic) bond motifs is 6. The Balaban J connectivity index is 0.800. The molecule has 1 unspecified atom stereocenters. The molecule has 4 aromatic carbocycles. The van der Waals surface area contributed by atoms with Crippen molar-refractivity contribution in [3.63, 3.8) is 0 Å². The van der Waals surface area contributed by atoms with E-state index in [2.05, 4.69) is 20.9 Å². The maximum Gasteiger partial charge on any atom is 0.251 e. The molecule has 6 aromatic rings. The summed E-state index contributed by atoms with van der Waals surface area (Å²) >= 11 is 4.81. The Morgan fingerprint density at radius 2 is 1.50 bits per heavy atom. The largest absolute Gasteiger partial charge is 0.780 e. The number of anilines is 1. The molecule has 7 rings (SSSR count). The van der Waals surface area contributed by atoms with Crippen molar-refractivity contribution < 1.29 is 57.2 Å².